The Morgan fingerprint density at radius 2 is 1.53 bits per heavy atom. The molecule has 0 saturated carbocycles. The number of benzene rings is 1. The Morgan fingerprint density at radius 3 is 1.76 bits per heavy atom. The quantitative estimate of drug-likeness (QED) is 0.443. The lowest BCUT2D eigenvalue weighted by Gasteiger charge is -2.08. The summed E-state index contributed by atoms with van der Waals surface area (Å²) in [4.78, 5) is 10.1. The molecule has 0 aromatic heterocycles. The maximum absolute atomic E-state index is 10.7. The lowest BCUT2D eigenvalue weighted by molar-refractivity contribution is -0.0517. The highest BCUT2D eigenvalue weighted by Crippen LogP contribution is 2.20. The molecular formula is C9H8F3O4S-. The van der Waals surface area contributed by atoms with Crippen LogP contribution < -0.4 is 0 Å². The molecule has 0 N–H and O–H groups in total. The molecular weight excluding hydrogens is 261 g/mol. The van der Waals surface area contributed by atoms with E-state index in [2.05, 4.69) is 0 Å². The summed E-state index contributed by atoms with van der Waals surface area (Å²) in [5, 5.41) is 0. The molecule has 17 heavy (non-hydrogen) atoms. The van der Waals surface area contributed by atoms with E-state index in [1.807, 2.05) is 31.2 Å². The summed E-state index contributed by atoms with van der Waals surface area (Å²) in [5.74, 6) is 0. The van der Waals surface area contributed by atoms with Gasteiger partial charge in [-0.3, -0.25) is 4.79 Å². The monoisotopic (exact) mass is 269 g/mol. The summed E-state index contributed by atoms with van der Waals surface area (Å²) in [6.07, 6.45) is 0.847. The van der Waals surface area contributed by atoms with Crippen LogP contribution in [0.5, 0.6) is 0 Å². The fourth-order valence-corrected chi connectivity index (χ4v) is 0.645. The van der Waals surface area contributed by atoms with Crippen LogP contribution in [0.2, 0.25) is 0 Å². The van der Waals surface area contributed by atoms with Crippen molar-refractivity contribution in [2.75, 3.05) is 0 Å². The molecule has 0 aliphatic rings. The van der Waals surface area contributed by atoms with Crippen LogP contribution in [0.3, 0.4) is 0 Å². The first kappa shape index (κ1) is 15.6. The molecule has 1 aromatic rings. The van der Waals surface area contributed by atoms with Gasteiger partial charge in [-0.15, -0.1) is 0 Å². The van der Waals surface area contributed by atoms with Crippen molar-refractivity contribution in [2.24, 2.45) is 0 Å². The van der Waals surface area contributed by atoms with Gasteiger partial charge in [0.1, 0.15) is 6.29 Å². The molecule has 8 heteroatoms. The van der Waals surface area contributed by atoms with Gasteiger partial charge in [0.25, 0.3) is 0 Å². The zero-order valence-electron chi connectivity index (χ0n) is 8.56. The van der Waals surface area contributed by atoms with E-state index in [9.17, 15) is 18.0 Å². The summed E-state index contributed by atoms with van der Waals surface area (Å²) in [7, 11) is -6.09. The van der Waals surface area contributed by atoms with Crippen LogP contribution in [0.15, 0.2) is 24.3 Å². The Morgan fingerprint density at radius 1 is 1.18 bits per heavy atom. The molecule has 96 valence electrons. The number of rotatable bonds is 1. The molecule has 4 nitrogen and oxygen atoms in total. The fourth-order valence-electron chi connectivity index (χ4n) is 0.645. The predicted octanol–water partition coefficient (Wildman–Crippen LogP) is 1.86. The van der Waals surface area contributed by atoms with Crippen molar-refractivity contribution in [1.29, 1.82) is 0 Å². The Labute approximate surface area is 95.8 Å². The van der Waals surface area contributed by atoms with Gasteiger partial charge in [0.15, 0.2) is 10.1 Å². The van der Waals surface area contributed by atoms with Crippen molar-refractivity contribution in [1.82, 2.24) is 0 Å². The Balaban J connectivity index is 0.000000304. The van der Waals surface area contributed by atoms with E-state index in [4.69, 9.17) is 13.0 Å². The largest absolute Gasteiger partial charge is 0.741 e. The van der Waals surface area contributed by atoms with E-state index in [1.165, 1.54) is 5.56 Å². The highest BCUT2D eigenvalue weighted by atomic mass is 32.2. The molecule has 0 heterocycles. The number of hydrogen-bond donors (Lipinski definition) is 0. The second-order valence-electron chi connectivity index (χ2n) is 2.93. The van der Waals surface area contributed by atoms with Crippen molar-refractivity contribution in [3.8, 4) is 0 Å². The zero-order valence-corrected chi connectivity index (χ0v) is 9.38. The molecule has 0 saturated heterocycles. The minimum absolute atomic E-state index is 0.737. The van der Waals surface area contributed by atoms with E-state index in [0.717, 1.165) is 11.8 Å². The highest BCUT2D eigenvalue weighted by molar-refractivity contribution is 7.86. The minimum atomic E-state index is -6.09. The molecule has 0 fully saturated rings. The van der Waals surface area contributed by atoms with Crippen molar-refractivity contribution in [3.63, 3.8) is 0 Å². The summed E-state index contributed by atoms with van der Waals surface area (Å²) < 4.78 is 58.9. The number of hydrogen-bond acceptors (Lipinski definition) is 4. The first-order chi connectivity index (χ1) is 7.58. The van der Waals surface area contributed by atoms with Crippen LogP contribution >= 0.6 is 0 Å². The average Bonchev–Trinajstić information content (AvgIpc) is 2.17. The van der Waals surface area contributed by atoms with E-state index >= 15 is 0 Å². The number of carbonyl (C=O) groups is 1. The molecule has 0 spiro atoms. The molecule has 1 aromatic carbocycles. The molecule has 0 aliphatic carbocycles. The summed E-state index contributed by atoms with van der Waals surface area (Å²) in [6.45, 7) is 1.99. The van der Waals surface area contributed by atoms with Crippen LogP contribution in [-0.2, 0) is 10.1 Å². The molecule has 0 aliphatic heterocycles. The van der Waals surface area contributed by atoms with Gasteiger partial charge >= 0.3 is 5.51 Å². The molecule has 0 amide bonds. The van der Waals surface area contributed by atoms with Crippen molar-refractivity contribution >= 4 is 16.4 Å². The number of aldehydes is 1. The van der Waals surface area contributed by atoms with E-state index < -0.39 is 15.6 Å². The molecule has 0 atom stereocenters. The second-order valence-corrected chi connectivity index (χ2v) is 4.30. The van der Waals surface area contributed by atoms with Crippen molar-refractivity contribution in [2.45, 2.75) is 12.4 Å². The minimum Gasteiger partial charge on any atom is -0.741 e. The Hall–Kier alpha value is -1.41. The Kier molecular flexibility index (Phi) is 5.30. The van der Waals surface area contributed by atoms with Gasteiger partial charge in [-0.1, -0.05) is 29.8 Å². The van der Waals surface area contributed by atoms with Crippen molar-refractivity contribution in [3.05, 3.63) is 35.4 Å². The second kappa shape index (κ2) is 5.78. The SMILES string of the molecule is Cc1ccc(C=O)cc1.O=S(=O)([O-])C(F)(F)F. The van der Waals surface area contributed by atoms with Gasteiger partial charge in [0.05, 0.1) is 0 Å². The van der Waals surface area contributed by atoms with Gasteiger partial charge in [0.2, 0.25) is 0 Å². The lowest BCUT2D eigenvalue weighted by atomic mass is 10.2. The number of halogens is 3. The topological polar surface area (TPSA) is 74.3 Å². The third-order valence-corrected chi connectivity index (χ3v) is 2.06. The van der Waals surface area contributed by atoms with Crippen LogP contribution in [0.1, 0.15) is 15.9 Å². The van der Waals surface area contributed by atoms with Crippen LogP contribution in [-0.4, -0.2) is 24.8 Å². The maximum atomic E-state index is 10.7. The third-order valence-electron chi connectivity index (χ3n) is 1.50. The molecule has 1 rings (SSSR count). The molecule has 0 unspecified atom stereocenters. The van der Waals surface area contributed by atoms with E-state index in [-0.39, 0.29) is 0 Å². The zero-order chi connectivity index (χ0) is 13.7. The highest BCUT2D eigenvalue weighted by Gasteiger charge is 2.36. The standard InChI is InChI=1S/C8H8O.CHF3O3S/c1-7-2-4-8(6-9)5-3-7;2-1(3,4)8(5,6)7/h2-6H,1H3;(H,5,6,7)/p-1. The van der Waals surface area contributed by atoms with Gasteiger partial charge in [-0.25, -0.2) is 8.42 Å². The summed E-state index contributed by atoms with van der Waals surface area (Å²) in [6, 6.07) is 7.46. The fraction of sp³-hybridized carbons (Fsp3) is 0.222. The molecule has 0 bridgehead atoms. The number of alkyl halides is 3. The van der Waals surface area contributed by atoms with Crippen molar-refractivity contribution < 1.29 is 30.9 Å². The lowest BCUT2D eigenvalue weighted by Crippen LogP contribution is -2.21. The number of carbonyl (C=O) groups excluding carboxylic acids is 1. The predicted molar refractivity (Wildman–Crippen MR) is 52.3 cm³/mol. The number of aryl methyl sites for hydroxylation is 1. The van der Waals surface area contributed by atoms with Crippen LogP contribution in [0, 0.1) is 6.92 Å². The Bertz CT molecular complexity index is 462. The van der Waals surface area contributed by atoms with Crippen LogP contribution in [0.25, 0.3) is 0 Å². The smallest absolute Gasteiger partial charge is 0.485 e. The van der Waals surface area contributed by atoms with Gasteiger partial charge < -0.3 is 4.55 Å². The van der Waals surface area contributed by atoms with E-state index in [1.54, 1.807) is 0 Å². The average molecular weight is 269 g/mol. The first-order valence-corrected chi connectivity index (χ1v) is 5.53. The summed E-state index contributed by atoms with van der Waals surface area (Å²) >= 11 is 0. The third kappa shape index (κ3) is 6.03. The van der Waals surface area contributed by atoms with Crippen LogP contribution in [0.4, 0.5) is 13.2 Å². The van der Waals surface area contributed by atoms with Gasteiger partial charge in [-0.2, -0.15) is 13.2 Å². The van der Waals surface area contributed by atoms with Gasteiger partial charge in [-0.05, 0) is 6.92 Å². The summed E-state index contributed by atoms with van der Waals surface area (Å²) in [5.41, 5.74) is -3.73. The molecule has 0 radical (unpaired) electrons. The maximum Gasteiger partial charge on any atom is 0.485 e. The van der Waals surface area contributed by atoms with E-state index in [0.29, 0.717) is 0 Å². The first-order valence-electron chi connectivity index (χ1n) is 4.12. The normalized spacial score (nSPS) is 11.4. The van der Waals surface area contributed by atoms with Gasteiger partial charge in [0, 0.05) is 5.56 Å².